The van der Waals surface area contributed by atoms with Crippen LogP contribution in [0.5, 0.6) is 0 Å². The van der Waals surface area contributed by atoms with Gasteiger partial charge >= 0.3 is 0 Å². The number of fused-ring (bicyclic) bond motifs is 1. The van der Waals surface area contributed by atoms with E-state index in [1.165, 1.54) is 0 Å². The van der Waals surface area contributed by atoms with Crippen molar-refractivity contribution in [2.75, 3.05) is 44.8 Å². The van der Waals surface area contributed by atoms with Crippen molar-refractivity contribution in [3.05, 3.63) is 83.6 Å². The molecule has 1 unspecified atom stereocenters. The van der Waals surface area contributed by atoms with Crippen LogP contribution in [-0.4, -0.2) is 72.2 Å². The Labute approximate surface area is 241 Å². The predicted octanol–water partition coefficient (Wildman–Crippen LogP) is 4.70. The Hall–Kier alpha value is -3.88. The maximum Gasteiger partial charge on any atom is 0.256 e. The van der Waals surface area contributed by atoms with Crippen molar-refractivity contribution < 1.29 is 14.3 Å². The van der Waals surface area contributed by atoms with Gasteiger partial charge < -0.3 is 24.4 Å². The number of carbonyl (C=O) groups excluding carboxylic acids is 2. The normalized spacial score (nSPS) is 14.1. The van der Waals surface area contributed by atoms with Crippen molar-refractivity contribution in [2.45, 2.75) is 19.9 Å². The molecule has 1 saturated heterocycles. The van der Waals surface area contributed by atoms with Gasteiger partial charge in [0.15, 0.2) is 0 Å². The second kappa shape index (κ2) is 12.5. The Balaban J connectivity index is 0.00000370. The quantitative estimate of drug-likeness (QED) is 0.354. The Morgan fingerprint density at radius 3 is 2.40 bits per heavy atom. The van der Waals surface area contributed by atoms with Crippen LogP contribution in [-0.2, 0) is 11.8 Å². The zero-order valence-corrected chi connectivity index (χ0v) is 24.2. The topological polar surface area (TPSA) is 79.7 Å². The summed E-state index contributed by atoms with van der Waals surface area (Å²) in [6.45, 7) is 6.92. The van der Waals surface area contributed by atoms with E-state index < -0.39 is 0 Å². The van der Waals surface area contributed by atoms with Crippen molar-refractivity contribution in [1.82, 2.24) is 19.8 Å². The van der Waals surface area contributed by atoms with E-state index in [9.17, 15) is 9.59 Å². The molecule has 1 atom stereocenters. The molecule has 4 aromatic rings. The van der Waals surface area contributed by atoms with Gasteiger partial charge in [-0.25, -0.2) is 4.98 Å². The number of rotatable bonds is 7. The first-order chi connectivity index (χ1) is 18.9. The van der Waals surface area contributed by atoms with Gasteiger partial charge in [0.1, 0.15) is 5.82 Å². The summed E-state index contributed by atoms with van der Waals surface area (Å²) in [4.78, 5) is 35.1. The Kier molecular flexibility index (Phi) is 9.12. The highest BCUT2D eigenvalue weighted by Gasteiger charge is 2.29. The second-order valence-corrected chi connectivity index (χ2v) is 10.2. The van der Waals surface area contributed by atoms with E-state index in [1.807, 2.05) is 43.1 Å². The Morgan fingerprint density at radius 2 is 1.75 bits per heavy atom. The summed E-state index contributed by atoms with van der Waals surface area (Å²) in [7, 11) is 3.64. The summed E-state index contributed by atoms with van der Waals surface area (Å²) in [6.07, 6.45) is 1.60. The number of halogens is 1. The van der Waals surface area contributed by atoms with E-state index in [4.69, 9.17) is 4.74 Å². The molecule has 1 N–H and O–H groups in total. The number of nitrogens with zero attached hydrogens (tertiary/aromatic N) is 4. The SMILES string of the molecule is COCC(C)NC(=O)c1ccc(N2CCN(C(=O)c3c(-c4ccccc4)n(C)c4ccc(C)cc34)CC2)nc1.Cl. The lowest BCUT2D eigenvalue weighted by Crippen LogP contribution is -2.49. The molecule has 5 rings (SSSR count). The summed E-state index contributed by atoms with van der Waals surface area (Å²) >= 11 is 0. The number of hydrogen-bond acceptors (Lipinski definition) is 5. The molecule has 8 nitrogen and oxygen atoms in total. The van der Waals surface area contributed by atoms with Crippen molar-refractivity contribution >= 4 is 40.9 Å². The maximum absolute atomic E-state index is 14.1. The second-order valence-electron chi connectivity index (χ2n) is 10.2. The summed E-state index contributed by atoms with van der Waals surface area (Å²) < 4.78 is 7.21. The lowest BCUT2D eigenvalue weighted by molar-refractivity contribution is 0.0748. The van der Waals surface area contributed by atoms with Crippen LogP contribution in [0.3, 0.4) is 0 Å². The van der Waals surface area contributed by atoms with Gasteiger partial charge in [-0.2, -0.15) is 0 Å². The van der Waals surface area contributed by atoms with Crippen LogP contribution in [0.4, 0.5) is 5.82 Å². The molecule has 1 aliphatic rings. The summed E-state index contributed by atoms with van der Waals surface area (Å²) in [5.74, 6) is 0.678. The van der Waals surface area contributed by atoms with Crippen LogP contribution in [0.15, 0.2) is 66.9 Å². The number of nitrogens with one attached hydrogen (secondary N) is 1. The Bertz CT molecular complexity index is 1480. The summed E-state index contributed by atoms with van der Waals surface area (Å²) in [5.41, 5.74) is 5.41. The highest BCUT2D eigenvalue weighted by Crippen LogP contribution is 2.35. The van der Waals surface area contributed by atoms with E-state index in [1.54, 1.807) is 19.4 Å². The van der Waals surface area contributed by atoms with E-state index >= 15 is 0 Å². The molecule has 0 saturated carbocycles. The van der Waals surface area contributed by atoms with Crippen LogP contribution >= 0.6 is 12.4 Å². The monoisotopic (exact) mass is 561 g/mol. The zero-order chi connectivity index (χ0) is 27.5. The maximum atomic E-state index is 14.1. The highest BCUT2D eigenvalue weighted by molar-refractivity contribution is 6.13. The first-order valence-corrected chi connectivity index (χ1v) is 13.3. The fraction of sp³-hybridized carbons (Fsp3) is 0.323. The highest BCUT2D eigenvalue weighted by atomic mass is 35.5. The number of amides is 2. The first kappa shape index (κ1) is 29.1. The number of methoxy groups -OCH3 is 1. The number of carbonyl (C=O) groups is 2. The Morgan fingerprint density at radius 1 is 1.02 bits per heavy atom. The lowest BCUT2D eigenvalue weighted by Gasteiger charge is -2.35. The first-order valence-electron chi connectivity index (χ1n) is 13.3. The molecule has 0 radical (unpaired) electrons. The third kappa shape index (κ3) is 5.83. The number of anilines is 1. The predicted molar refractivity (Wildman–Crippen MR) is 161 cm³/mol. The van der Waals surface area contributed by atoms with Crippen molar-refractivity contribution in [3.63, 3.8) is 0 Å². The molecular weight excluding hydrogens is 526 g/mol. The van der Waals surface area contributed by atoms with Gasteiger partial charge in [-0.05, 0) is 43.7 Å². The number of pyridine rings is 1. The van der Waals surface area contributed by atoms with Gasteiger partial charge in [-0.1, -0.05) is 42.0 Å². The standard InChI is InChI=1S/C31H35N5O3.ClH/c1-21-10-12-26-25(18-21)28(29(34(26)3)23-8-6-5-7-9-23)31(38)36-16-14-35(15-17-36)27-13-11-24(19-32-27)30(37)33-22(2)20-39-4;/h5-13,18-19,22H,14-17,20H2,1-4H3,(H,33,37);1H. The van der Waals surface area contributed by atoms with Crippen LogP contribution < -0.4 is 10.2 Å². The average molecular weight is 562 g/mol. The molecule has 210 valence electrons. The van der Waals surface area contributed by atoms with Crippen LogP contribution in [0.2, 0.25) is 0 Å². The molecule has 2 aromatic heterocycles. The minimum Gasteiger partial charge on any atom is -0.383 e. The van der Waals surface area contributed by atoms with E-state index in [0.717, 1.165) is 39.1 Å². The third-order valence-electron chi connectivity index (χ3n) is 7.31. The van der Waals surface area contributed by atoms with Crippen molar-refractivity contribution in [3.8, 4) is 11.3 Å². The molecule has 3 heterocycles. The molecule has 1 aliphatic heterocycles. The number of hydrogen-bond donors (Lipinski definition) is 1. The number of aromatic nitrogens is 2. The van der Waals surface area contributed by atoms with E-state index in [2.05, 4.69) is 57.0 Å². The fourth-order valence-electron chi connectivity index (χ4n) is 5.31. The molecule has 0 aliphatic carbocycles. The van der Waals surface area contributed by atoms with Crippen molar-refractivity contribution in [1.29, 1.82) is 0 Å². The molecule has 0 spiro atoms. The van der Waals surface area contributed by atoms with Crippen LogP contribution in [0, 0.1) is 6.92 Å². The number of ether oxygens (including phenoxy) is 1. The summed E-state index contributed by atoms with van der Waals surface area (Å²) in [6, 6.07) is 20.0. The largest absolute Gasteiger partial charge is 0.383 e. The van der Waals surface area contributed by atoms with Gasteiger partial charge in [-0.3, -0.25) is 9.59 Å². The number of aryl methyl sites for hydroxylation is 2. The fourth-order valence-corrected chi connectivity index (χ4v) is 5.31. The summed E-state index contributed by atoms with van der Waals surface area (Å²) in [5, 5.41) is 3.89. The molecule has 2 aromatic carbocycles. The minimum absolute atomic E-state index is 0. The van der Waals surface area contributed by atoms with Gasteiger partial charge in [-0.15, -0.1) is 12.4 Å². The average Bonchev–Trinajstić information content (AvgIpc) is 3.24. The van der Waals surface area contributed by atoms with E-state index in [-0.39, 0.29) is 30.3 Å². The number of benzene rings is 2. The van der Waals surface area contributed by atoms with Crippen LogP contribution in [0.1, 0.15) is 33.2 Å². The molecule has 0 bridgehead atoms. The molecular formula is C31H36ClN5O3. The minimum atomic E-state index is -0.173. The molecule has 9 heteroatoms. The molecule has 1 fully saturated rings. The van der Waals surface area contributed by atoms with Crippen molar-refractivity contribution in [2.24, 2.45) is 7.05 Å². The van der Waals surface area contributed by atoms with Gasteiger partial charge in [0, 0.05) is 63.5 Å². The van der Waals surface area contributed by atoms with Crippen LogP contribution in [0.25, 0.3) is 22.2 Å². The molecule has 40 heavy (non-hydrogen) atoms. The zero-order valence-electron chi connectivity index (χ0n) is 23.4. The van der Waals surface area contributed by atoms with E-state index in [0.29, 0.717) is 38.3 Å². The van der Waals surface area contributed by atoms with Gasteiger partial charge in [0.25, 0.3) is 11.8 Å². The number of piperazine rings is 1. The van der Waals surface area contributed by atoms with Gasteiger partial charge in [0.2, 0.25) is 0 Å². The lowest BCUT2D eigenvalue weighted by atomic mass is 10.0. The van der Waals surface area contributed by atoms with Gasteiger partial charge in [0.05, 0.1) is 23.4 Å². The third-order valence-corrected chi connectivity index (χ3v) is 7.31. The smallest absolute Gasteiger partial charge is 0.256 e. The molecule has 2 amide bonds.